The van der Waals surface area contributed by atoms with Crippen LogP contribution in [0.25, 0.3) is 42.8 Å². The van der Waals surface area contributed by atoms with Crippen LogP contribution < -0.4 is 0 Å². The Morgan fingerprint density at radius 2 is 1.57 bits per heavy atom. The van der Waals surface area contributed by atoms with Gasteiger partial charge < -0.3 is 0 Å². The molecule has 2 aromatic carbocycles. The second kappa shape index (κ2) is 7.70. The molecule has 0 unspecified atom stereocenters. The first-order valence-corrected chi connectivity index (χ1v) is 13.9. The van der Waals surface area contributed by atoms with E-state index in [2.05, 4.69) is 105 Å². The molecule has 188 valence electrons. The van der Waals surface area contributed by atoms with Crippen molar-refractivity contribution in [3.05, 3.63) is 76.7 Å². The van der Waals surface area contributed by atoms with Gasteiger partial charge in [0.05, 0.1) is 21.4 Å². The Kier molecular flexibility index (Phi) is 5.05. The molecule has 0 fully saturated rings. The van der Waals surface area contributed by atoms with Crippen LogP contribution in [0.2, 0.25) is 0 Å². The van der Waals surface area contributed by atoms with E-state index in [1.807, 2.05) is 11.3 Å². The summed E-state index contributed by atoms with van der Waals surface area (Å²) in [4.78, 5) is 16.0. The van der Waals surface area contributed by atoms with E-state index in [0.29, 0.717) is 0 Å². The van der Waals surface area contributed by atoms with Gasteiger partial charge in [0.2, 0.25) is 0 Å². The molecule has 0 spiro atoms. The minimum atomic E-state index is -0.105. The highest BCUT2D eigenvalue weighted by Gasteiger charge is 2.40. The van der Waals surface area contributed by atoms with Gasteiger partial charge in [-0.3, -0.25) is 4.98 Å². The maximum absolute atomic E-state index is 4.92. The van der Waals surface area contributed by atoms with Crippen molar-refractivity contribution in [3.8, 4) is 21.7 Å². The van der Waals surface area contributed by atoms with Gasteiger partial charge in [-0.15, -0.1) is 11.3 Å². The molecule has 0 radical (unpaired) electrons. The van der Waals surface area contributed by atoms with Gasteiger partial charge in [-0.05, 0) is 64.3 Å². The molecule has 37 heavy (non-hydrogen) atoms. The number of aryl methyl sites for hydroxylation is 1. The number of nitrogens with zero attached hydrogens (tertiary/aromatic N) is 3. The van der Waals surface area contributed by atoms with Crippen molar-refractivity contribution in [2.75, 3.05) is 0 Å². The second-order valence-corrected chi connectivity index (χ2v) is 14.2. The fourth-order valence-corrected chi connectivity index (χ4v) is 7.26. The summed E-state index contributed by atoms with van der Waals surface area (Å²) in [5.74, 6) is 0. The van der Waals surface area contributed by atoms with Crippen LogP contribution in [0.15, 0.2) is 48.8 Å². The zero-order valence-electron chi connectivity index (χ0n) is 23.4. The molecular weight excluding hydrogens is 470 g/mol. The number of aromatic nitrogens is 3. The number of pyridine rings is 1. The van der Waals surface area contributed by atoms with Crippen LogP contribution in [0.4, 0.5) is 0 Å². The largest absolute Gasteiger partial charge is 0.253 e. The Labute approximate surface area is 224 Å². The summed E-state index contributed by atoms with van der Waals surface area (Å²) in [6.07, 6.45) is 1.75. The van der Waals surface area contributed by atoms with E-state index in [0.717, 1.165) is 33.4 Å². The van der Waals surface area contributed by atoms with Crippen molar-refractivity contribution in [1.29, 1.82) is 0 Å². The van der Waals surface area contributed by atoms with Crippen molar-refractivity contribution < 1.29 is 0 Å². The zero-order chi connectivity index (χ0) is 26.5. The molecule has 1 aliphatic rings. The van der Waals surface area contributed by atoms with Crippen molar-refractivity contribution in [1.82, 2.24) is 15.0 Å². The van der Waals surface area contributed by atoms with Crippen LogP contribution in [-0.4, -0.2) is 15.0 Å². The van der Waals surface area contributed by atoms with Crippen LogP contribution in [0, 0.1) is 6.92 Å². The maximum Gasteiger partial charge on any atom is 0.116 e. The summed E-state index contributed by atoms with van der Waals surface area (Å²) in [7, 11) is 0. The average molecular weight is 506 g/mol. The molecule has 0 saturated heterocycles. The van der Waals surface area contributed by atoms with E-state index < -0.39 is 0 Å². The molecule has 0 N–H and O–H groups in total. The molecule has 0 amide bonds. The monoisotopic (exact) mass is 505 g/mol. The standard InChI is InChI=1S/C33H35N3S/c1-18-10-11-19-14-20(15-24(26(19)36-18)32(5,6)7)27-30-28(35-17-34-27)25-29(37-30)22-16-21(31(2,3)4)12-13-23(22)33(25,8)9/h10-17H,1-9H3. The van der Waals surface area contributed by atoms with E-state index in [9.17, 15) is 0 Å². The molecule has 1 aliphatic carbocycles. The lowest BCUT2D eigenvalue weighted by Crippen LogP contribution is -2.16. The van der Waals surface area contributed by atoms with Gasteiger partial charge in [0.25, 0.3) is 0 Å². The predicted octanol–water partition coefficient (Wildman–Crippen LogP) is 9.12. The molecular formula is C33H35N3S. The van der Waals surface area contributed by atoms with Crippen LogP contribution in [0.3, 0.4) is 0 Å². The summed E-state index contributed by atoms with van der Waals surface area (Å²) in [6, 6.07) is 15.9. The van der Waals surface area contributed by atoms with Gasteiger partial charge in [-0.25, -0.2) is 9.97 Å². The molecule has 6 rings (SSSR count). The SMILES string of the molecule is Cc1ccc2cc(-c3ncnc4c5c(sc34)-c3cc(C(C)(C)C)ccc3C5(C)C)cc(C(C)(C)C)c2n1. The Bertz CT molecular complexity index is 1730. The third kappa shape index (κ3) is 3.64. The fraction of sp³-hybridized carbons (Fsp3) is 0.364. The normalized spacial score (nSPS) is 14.8. The highest BCUT2D eigenvalue weighted by atomic mass is 32.1. The lowest BCUT2D eigenvalue weighted by Gasteiger charge is -2.24. The molecule has 0 bridgehead atoms. The number of fused-ring (bicyclic) bond motifs is 6. The molecule has 0 atom stereocenters. The first-order valence-electron chi connectivity index (χ1n) is 13.1. The highest BCUT2D eigenvalue weighted by molar-refractivity contribution is 7.23. The predicted molar refractivity (Wildman–Crippen MR) is 158 cm³/mol. The Hall–Kier alpha value is -3.11. The van der Waals surface area contributed by atoms with Crippen molar-refractivity contribution in [2.45, 2.75) is 78.6 Å². The lowest BCUT2D eigenvalue weighted by atomic mass is 9.80. The number of hydrogen-bond donors (Lipinski definition) is 0. The Morgan fingerprint density at radius 1 is 0.811 bits per heavy atom. The molecule has 5 aromatic rings. The van der Waals surface area contributed by atoms with E-state index in [1.165, 1.54) is 37.4 Å². The van der Waals surface area contributed by atoms with E-state index in [-0.39, 0.29) is 16.2 Å². The van der Waals surface area contributed by atoms with Gasteiger partial charge in [-0.1, -0.05) is 73.6 Å². The van der Waals surface area contributed by atoms with Gasteiger partial charge in [0.1, 0.15) is 6.33 Å². The second-order valence-electron chi connectivity index (χ2n) is 13.1. The number of benzene rings is 2. The summed E-state index contributed by atoms with van der Waals surface area (Å²) in [5, 5.41) is 1.16. The fourth-order valence-electron chi connectivity index (χ4n) is 5.80. The van der Waals surface area contributed by atoms with Gasteiger partial charge in [0.15, 0.2) is 0 Å². The molecule has 3 nitrogen and oxygen atoms in total. The highest BCUT2D eigenvalue weighted by Crippen LogP contribution is 2.56. The maximum atomic E-state index is 4.92. The average Bonchev–Trinajstić information content (AvgIpc) is 3.31. The first-order chi connectivity index (χ1) is 17.3. The Morgan fingerprint density at radius 3 is 2.27 bits per heavy atom. The minimum absolute atomic E-state index is 0.0390. The molecule has 0 saturated carbocycles. The summed E-state index contributed by atoms with van der Waals surface area (Å²) in [6.45, 7) is 20.4. The van der Waals surface area contributed by atoms with Crippen LogP contribution in [-0.2, 0) is 16.2 Å². The topological polar surface area (TPSA) is 38.7 Å². The summed E-state index contributed by atoms with van der Waals surface area (Å²) >= 11 is 1.85. The van der Waals surface area contributed by atoms with Crippen LogP contribution in [0.5, 0.6) is 0 Å². The lowest BCUT2D eigenvalue weighted by molar-refractivity contribution is 0.589. The van der Waals surface area contributed by atoms with E-state index in [1.54, 1.807) is 6.33 Å². The van der Waals surface area contributed by atoms with Crippen molar-refractivity contribution in [2.24, 2.45) is 0 Å². The van der Waals surface area contributed by atoms with E-state index in [4.69, 9.17) is 15.0 Å². The quantitative estimate of drug-likeness (QED) is 0.228. The third-order valence-electron chi connectivity index (χ3n) is 7.91. The molecule has 4 heteroatoms. The van der Waals surface area contributed by atoms with E-state index >= 15 is 0 Å². The third-order valence-corrected chi connectivity index (χ3v) is 9.13. The summed E-state index contributed by atoms with van der Waals surface area (Å²) < 4.78 is 1.17. The van der Waals surface area contributed by atoms with Gasteiger partial charge >= 0.3 is 0 Å². The molecule has 3 heterocycles. The molecule has 0 aliphatic heterocycles. The number of rotatable bonds is 1. The van der Waals surface area contributed by atoms with Crippen LogP contribution in [0.1, 0.15) is 83.3 Å². The van der Waals surface area contributed by atoms with Crippen LogP contribution >= 0.6 is 11.3 Å². The smallest absolute Gasteiger partial charge is 0.116 e. The minimum Gasteiger partial charge on any atom is -0.253 e. The molecule has 3 aromatic heterocycles. The Balaban J connectivity index is 1.63. The number of thiophene rings is 1. The van der Waals surface area contributed by atoms with Crippen molar-refractivity contribution in [3.63, 3.8) is 0 Å². The number of hydrogen-bond acceptors (Lipinski definition) is 4. The van der Waals surface area contributed by atoms with Crippen molar-refractivity contribution >= 4 is 32.5 Å². The zero-order valence-corrected chi connectivity index (χ0v) is 24.2. The van der Waals surface area contributed by atoms with Gasteiger partial charge in [0, 0.05) is 32.5 Å². The van der Waals surface area contributed by atoms with Gasteiger partial charge in [-0.2, -0.15) is 0 Å². The first kappa shape index (κ1) is 24.2. The summed E-state index contributed by atoms with van der Waals surface area (Å²) in [5.41, 5.74) is 12.0.